The van der Waals surface area contributed by atoms with Crippen LogP contribution < -0.4 is 10.2 Å². The highest BCUT2D eigenvalue weighted by molar-refractivity contribution is 5.99. The molecule has 1 heterocycles. The van der Waals surface area contributed by atoms with E-state index in [9.17, 15) is 9.59 Å². The SMILES string of the molecule is COC(=O)c1ccc(N2CCCC2)c(NC(=O)C2CC=CCC2)c1. The molecule has 128 valence electrons. The number of ether oxygens (including phenoxy) is 1. The first-order chi connectivity index (χ1) is 11.7. The van der Waals surface area contributed by atoms with Crippen LogP contribution in [0.15, 0.2) is 30.4 Å². The Morgan fingerprint density at radius 2 is 2.00 bits per heavy atom. The first-order valence-corrected chi connectivity index (χ1v) is 8.62. The molecule has 1 unspecified atom stereocenters. The lowest BCUT2D eigenvalue weighted by molar-refractivity contribution is -0.120. The molecule has 1 aliphatic heterocycles. The Morgan fingerprint density at radius 3 is 2.67 bits per heavy atom. The van der Waals surface area contributed by atoms with Crippen LogP contribution in [0.2, 0.25) is 0 Å². The van der Waals surface area contributed by atoms with Gasteiger partial charge in [0.25, 0.3) is 0 Å². The molecule has 0 aromatic heterocycles. The Hall–Kier alpha value is -2.30. The maximum atomic E-state index is 12.6. The van der Waals surface area contributed by atoms with E-state index in [1.807, 2.05) is 6.07 Å². The Kier molecular flexibility index (Phi) is 5.18. The molecule has 3 rings (SSSR count). The first kappa shape index (κ1) is 16.6. The van der Waals surface area contributed by atoms with Gasteiger partial charge < -0.3 is 15.0 Å². The fraction of sp³-hybridized carbons (Fsp3) is 0.474. The Bertz CT molecular complexity index is 648. The number of amides is 1. The number of carbonyl (C=O) groups is 2. The summed E-state index contributed by atoms with van der Waals surface area (Å²) >= 11 is 0. The van der Waals surface area contributed by atoms with Gasteiger partial charge >= 0.3 is 5.97 Å². The molecule has 1 aromatic rings. The van der Waals surface area contributed by atoms with Gasteiger partial charge in [0.05, 0.1) is 24.0 Å². The first-order valence-electron chi connectivity index (χ1n) is 8.62. The molecule has 0 spiro atoms. The fourth-order valence-corrected chi connectivity index (χ4v) is 3.38. The van der Waals surface area contributed by atoms with Crippen LogP contribution in [0.4, 0.5) is 11.4 Å². The minimum absolute atomic E-state index is 0.00297. The summed E-state index contributed by atoms with van der Waals surface area (Å²) in [6.07, 6.45) is 9.09. The number of carbonyl (C=O) groups excluding carboxylic acids is 2. The number of nitrogens with one attached hydrogen (secondary N) is 1. The molecule has 2 aliphatic rings. The van der Waals surface area contributed by atoms with Crippen molar-refractivity contribution in [2.24, 2.45) is 5.92 Å². The maximum Gasteiger partial charge on any atom is 0.337 e. The summed E-state index contributed by atoms with van der Waals surface area (Å²) in [7, 11) is 1.36. The molecule has 1 N–H and O–H groups in total. The molecule has 1 aliphatic carbocycles. The Labute approximate surface area is 142 Å². The summed E-state index contributed by atoms with van der Waals surface area (Å²) in [5, 5.41) is 3.05. The highest BCUT2D eigenvalue weighted by atomic mass is 16.5. The average Bonchev–Trinajstić information content (AvgIpc) is 3.16. The second-order valence-electron chi connectivity index (χ2n) is 6.39. The molecule has 0 radical (unpaired) electrons. The number of nitrogens with zero attached hydrogens (tertiary/aromatic N) is 1. The van der Waals surface area contributed by atoms with Crippen LogP contribution >= 0.6 is 0 Å². The third kappa shape index (κ3) is 3.61. The monoisotopic (exact) mass is 328 g/mol. The number of methoxy groups -OCH3 is 1. The van der Waals surface area contributed by atoms with Gasteiger partial charge in [0, 0.05) is 19.0 Å². The van der Waals surface area contributed by atoms with Gasteiger partial charge in [-0.05, 0) is 50.3 Å². The van der Waals surface area contributed by atoms with Crippen LogP contribution in [0, 0.1) is 5.92 Å². The molecule has 1 aromatic carbocycles. The van der Waals surface area contributed by atoms with Crippen molar-refractivity contribution < 1.29 is 14.3 Å². The number of esters is 1. The smallest absolute Gasteiger partial charge is 0.337 e. The maximum absolute atomic E-state index is 12.6. The summed E-state index contributed by atoms with van der Waals surface area (Å²) in [6, 6.07) is 5.41. The molecular formula is C19H24N2O3. The van der Waals surface area contributed by atoms with Gasteiger partial charge in [0.1, 0.15) is 0 Å². The lowest BCUT2D eigenvalue weighted by Crippen LogP contribution is -2.26. The summed E-state index contributed by atoms with van der Waals surface area (Å²) in [5.41, 5.74) is 2.15. The minimum Gasteiger partial charge on any atom is -0.465 e. The van der Waals surface area contributed by atoms with Gasteiger partial charge in [0.15, 0.2) is 0 Å². The van der Waals surface area contributed by atoms with E-state index in [1.54, 1.807) is 12.1 Å². The molecular weight excluding hydrogens is 304 g/mol. The van der Waals surface area contributed by atoms with Crippen molar-refractivity contribution in [1.82, 2.24) is 0 Å². The van der Waals surface area contributed by atoms with E-state index >= 15 is 0 Å². The zero-order chi connectivity index (χ0) is 16.9. The fourth-order valence-electron chi connectivity index (χ4n) is 3.38. The molecule has 5 nitrogen and oxygen atoms in total. The van der Waals surface area contributed by atoms with Crippen LogP contribution in [0.5, 0.6) is 0 Å². The highest BCUT2D eigenvalue weighted by Crippen LogP contribution is 2.31. The van der Waals surface area contributed by atoms with Crippen molar-refractivity contribution in [2.75, 3.05) is 30.4 Å². The molecule has 24 heavy (non-hydrogen) atoms. The van der Waals surface area contributed by atoms with Crippen molar-refractivity contribution in [3.8, 4) is 0 Å². The lowest BCUT2D eigenvalue weighted by Gasteiger charge is -2.24. The zero-order valence-corrected chi connectivity index (χ0v) is 14.1. The van der Waals surface area contributed by atoms with Crippen LogP contribution in [0.3, 0.4) is 0 Å². The highest BCUT2D eigenvalue weighted by Gasteiger charge is 2.23. The standard InChI is InChI=1S/C19H24N2O3/c1-24-19(23)15-9-10-17(21-11-5-6-12-21)16(13-15)20-18(22)14-7-3-2-4-8-14/h2-3,9-10,13-14H,4-8,11-12H2,1H3,(H,20,22). The minimum atomic E-state index is -0.390. The Morgan fingerprint density at radius 1 is 1.21 bits per heavy atom. The molecule has 1 amide bonds. The third-order valence-electron chi connectivity index (χ3n) is 4.76. The van der Waals surface area contributed by atoms with Gasteiger partial charge in [-0.15, -0.1) is 0 Å². The number of hydrogen-bond donors (Lipinski definition) is 1. The number of anilines is 2. The van der Waals surface area contributed by atoms with Gasteiger partial charge in [0.2, 0.25) is 5.91 Å². The van der Waals surface area contributed by atoms with E-state index in [0.29, 0.717) is 11.3 Å². The second kappa shape index (κ2) is 7.51. The largest absolute Gasteiger partial charge is 0.465 e. The summed E-state index contributed by atoms with van der Waals surface area (Å²) < 4.78 is 4.80. The quantitative estimate of drug-likeness (QED) is 0.680. The molecule has 5 heteroatoms. The summed E-state index contributed by atoms with van der Waals surface area (Å²) in [4.78, 5) is 26.7. The van der Waals surface area contributed by atoms with Crippen LogP contribution in [-0.2, 0) is 9.53 Å². The van der Waals surface area contributed by atoms with Gasteiger partial charge in [-0.2, -0.15) is 0 Å². The van der Waals surface area contributed by atoms with E-state index in [2.05, 4.69) is 22.4 Å². The summed E-state index contributed by atoms with van der Waals surface area (Å²) in [6.45, 7) is 1.96. The molecule has 0 bridgehead atoms. The number of rotatable bonds is 4. The second-order valence-corrected chi connectivity index (χ2v) is 6.39. The van der Waals surface area contributed by atoms with Crippen molar-refractivity contribution in [2.45, 2.75) is 32.1 Å². The normalized spacial score (nSPS) is 20.0. The number of hydrogen-bond acceptors (Lipinski definition) is 4. The van der Waals surface area contributed by atoms with E-state index in [4.69, 9.17) is 4.74 Å². The Balaban J connectivity index is 1.85. The van der Waals surface area contributed by atoms with Crippen LogP contribution in [0.1, 0.15) is 42.5 Å². The van der Waals surface area contributed by atoms with E-state index < -0.39 is 0 Å². The molecule has 1 atom stereocenters. The summed E-state index contributed by atoms with van der Waals surface area (Å²) in [5.74, 6) is -0.357. The van der Waals surface area contributed by atoms with E-state index in [1.165, 1.54) is 7.11 Å². The lowest BCUT2D eigenvalue weighted by atomic mass is 9.93. The predicted octanol–water partition coefficient (Wildman–Crippen LogP) is 3.37. The zero-order valence-electron chi connectivity index (χ0n) is 14.1. The van der Waals surface area contributed by atoms with Crippen LogP contribution in [-0.4, -0.2) is 32.1 Å². The van der Waals surface area contributed by atoms with Gasteiger partial charge in [-0.3, -0.25) is 4.79 Å². The molecule has 1 saturated heterocycles. The van der Waals surface area contributed by atoms with Crippen LogP contribution in [0.25, 0.3) is 0 Å². The molecule has 0 saturated carbocycles. The van der Waals surface area contributed by atoms with E-state index in [0.717, 1.165) is 50.9 Å². The number of allylic oxidation sites excluding steroid dienone is 2. The molecule has 1 fully saturated rings. The van der Waals surface area contributed by atoms with Crippen molar-refractivity contribution in [1.29, 1.82) is 0 Å². The van der Waals surface area contributed by atoms with Crippen molar-refractivity contribution in [3.63, 3.8) is 0 Å². The van der Waals surface area contributed by atoms with Crippen molar-refractivity contribution in [3.05, 3.63) is 35.9 Å². The third-order valence-corrected chi connectivity index (χ3v) is 4.76. The van der Waals surface area contributed by atoms with Gasteiger partial charge in [-0.1, -0.05) is 12.2 Å². The van der Waals surface area contributed by atoms with Crippen molar-refractivity contribution >= 4 is 23.3 Å². The topological polar surface area (TPSA) is 58.6 Å². The predicted molar refractivity (Wildman–Crippen MR) is 94.3 cm³/mol. The number of benzene rings is 1. The average molecular weight is 328 g/mol. The van der Waals surface area contributed by atoms with E-state index in [-0.39, 0.29) is 17.8 Å². The van der Waals surface area contributed by atoms with Gasteiger partial charge in [-0.25, -0.2) is 4.79 Å².